The molecule has 0 bridgehead atoms. The maximum atomic E-state index is 2.42. The molecule has 2 aromatic heterocycles. The van der Waals surface area contributed by atoms with Gasteiger partial charge in [-0.25, -0.2) is 0 Å². The van der Waals surface area contributed by atoms with Gasteiger partial charge in [0.2, 0.25) is 0 Å². The van der Waals surface area contributed by atoms with E-state index in [2.05, 4.69) is 228 Å². The summed E-state index contributed by atoms with van der Waals surface area (Å²) in [6.45, 7) is 0. The van der Waals surface area contributed by atoms with Crippen LogP contribution in [0.25, 0.3) is 110 Å². The summed E-state index contributed by atoms with van der Waals surface area (Å²) in [4.78, 5) is 0. The van der Waals surface area contributed by atoms with Crippen LogP contribution in [0.1, 0.15) is 0 Å². The van der Waals surface area contributed by atoms with E-state index in [9.17, 15) is 0 Å². The van der Waals surface area contributed by atoms with E-state index in [-0.39, 0.29) is 0 Å². The van der Waals surface area contributed by atoms with E-state index in [1.807, 2.05) is 0 Å². The van der Waals surface area contributed by atoms with E-state index in [0.29, 0.717) is 0 Å². The third-order valence-corrected chi connectivity index (χ3v) is 12.1. The zero-order valence-corrected chi connectivity index (χ0v) is 31.7. The van der Waals surface area contributed by atoms with E-state index >= 15 is 0 Å². The van der Waals surface area contributed by atoms with E-state index < -0.39 is 0 Å². The second-order valence-electron chi connectivity index (χ2n) is 15.3. The van der Waals surface area contributed by atoms with Gasteiger partial charge >= 0.3 is 0 Å². The van der Waals surface area contributed by atoms with Crippen molar-refractivity contribution in [1.29, 1.82) is 0 Å². The van der Waals surface area contributed by atoms with Gasteiger partial charge in [0.15, 0.2) is 0 Å². The lowest BCUT2D eigenvalue weighted by atomic mass is 9.86. The van der Waals surface area contributed by atoms with Gasteiger partial charge in [0.25, 0.3) is 0 Å². The van der Waals surface area contributed by atoms with Crippen molar-refractivity contribution in [3.8, 4) is 44.8 Å². The van der Waals surface area contributed by atoms with Crippen LogP contribution in [0.3, 0.4) is 0 Å². The van der Waals surface area contributed by atoms with Gasteiger partial charge in [-0.2, -0.15) is 0 Å². The highest BCUT2D eigenvalue weighted by molar-refractivity contribution is 6.21. The fraction of sp³-hybridized carbons (Fsp3) is 0. The lowest BCUT2D eigenvalue weighted by Crippen LogP contribution is -1.95. The molecule has 0 atom stereocenters. The highest BCUT2D eigenvalue weighted by atomic mass is 15.0. The van der Waals surface area contributed by atoms with Gasteiger partial charge in [-0.15, -0.1) is 0 Å². The molecule has 0 aliphatic rings. The second-order valence-corrected chi connectivity index (χ2v) is 15.3. The van der Waals surface area contributed by atoms with Crippen LogP contribution in [0, 0.1) is 0 Å². The molecule has 0 unspecified atom stereocenters. The second kappa shape index (κ2) is 12.9. The fourth-order valence-corrected chi connectivity index (χ4v) is 9.59. The average molecular weight is 737 g/mol. The molecule has 270 valence electrons. The minimum Gasteiger partial charge on any atom is -0.309 e. The van der Waals surface area contributed by atoms with Crippen LogP contribution < -0.4 is 0 Å². The van der Waals surface area contributed by atoms with Crippen molar-refractivity contribution >= 4 is 65.2 Å². The van der Waals surface area contributed by atoms with Gasteiger partial charge in [-0.3, -0.25) is 0 Å². The van der Waals surface area contributed by atoms with Crippen LogP contribution in [0.15, 0.2) is 218 Å². The first-order chi connectivity index (χ1) is 28.8. The first-order valence-corrected chi connectivity index (χ1v) is 20.0. The highest BCUT2D eigenvalue weighted by Gasteiger charge is 2.18. The van der Waals surface area contributed by atoms with Gasteiger partial charge in [0, 0.05) is 32.9 Å². The predicted octanol–water partition coefficient (Wildman–Crippen LogP) is 15.2. The Morgan fingerprint density at radius 1 is 0.207 bits per heavy atom. The molecule has 2 heteroatoms. The Bertz CT molecular complexity index is 3440. The summed E-state index contributed by atoms with van der Waals surface area (Å²) in [5.74, 6) is 0. The van der Waals surface area contributed by atoms with E-state index in [0.717, 1.165) is 11.4 Å². The Hall–Kier alpha value is -7.68. The zero-order valence-electron chi connectivity index (χ0n) is 31.7. The van der Waals surface area contributed by atoms with Gasteiger partial charge in [0.05, 0.1) is 22.1 Å². The van der Waals surface area contributed by atoms with Crippen molar-refractivity contribution in [1.82, 2.24) is 9.13 Å². The van der Waals surface area contributed by atoms with Crippen LogP contribution in [0.2, 0.25) is 0 Å². The summed E-state index contributed by atoms with van der Waals surface area (Å²) in [6, 6.07) is 79.9. The van der Waals surface area contributed by atoms with Crippen LogP contribution in [-0.4, -0.2) is 9.13 Å². The molecule has 2 nitrogen and oxygen atoms in total. The molecule has 0 N–H and O–H groups in total. The molecular weight excluding hydrogens is 701 g/mol. The summed E-state index contributed by atoms with van der Waals surface area (Å²) in [5, 5.41) is 10.1. The van der Waals surface area contributed by atoms with Gasteiger partial charge in [-0.05, 0) is 110 Å². The average Bonchev–Trinajstić information content (AvgIpc) is 3.81. The normalized spacial score (nSPS) is 11.8. The number of fused-ring (bicyclic) bond motifs is 8. The Balaban J connectivity index is 0.985. The zero-order chi connectivity index (χ0) is 38.2. The quantitative estimate of drug-likeness (QED) is 0.156. The van der Waals surface area contributed by atoms with Crippen molar-refractivity contribution < 1.29 is 0 Å². The number of para-hydroxylation sites is 3. The molecule has 0 amide bonds. The van der Waals surface area contributed by atoms with Crippen LogP contribution in [0.4, 0.5) is 0 Å². The fourth-order valence-electron chi connectivity index (χ4n) is 9.59. The molecule has 12 rings (SSSR count). The number of hydrogen-bond donors (Lipinski definition) is 0. The maximum absolute atomic E-state index is 2.42. The van der Waals surface area contributed by atoms with Crippen LogP contribution in [0.5, 0.6) is 0 Å². The number of nitrogens with zero attached hydrogens (tertiary/aromatic N) is 2. The monoisotopic (exact) mass is 736 g/mol. The van der Waals surface area contributed by atoms with Crippen LogP contribution in [-0.2, 0) is 0 Å². The largest absolute Gasteiger partial charge is 0.309 e. The molecule has 0 fully saturated rings. The Morgan fingerprint density at radius 3 is 1.14 bits per heavy atom. The molecule has 0 aliphatic carbocycles. The number of benzene rings is 10. The molecular formula is C56H36N2. The lowest BCUT2D eigenvalue weighted by molar-refractivity contribution is 1.18. The first-order valence-electron chi connectivity index (χ1n) is 20.0. The third kappa shape index (κ3) is 4.92. The summed E-state index contributed by atoms with van der Waals surface area (Å²) >= 11 is 0. The minimum absolute atomic E-state index is 1.14. The standard InChI is InChI=1S/C56H36N2/c1-2-15-37(16-3-1)55-46-22-4-6-24-48(46)56(49-25-7-5-23-47(49)55)38-29-32-41(33-30-38)57-53-28-13-10-21-45(53)50-36-40(31-34-54(50)57)39-17-14-18-42(35-39)58-51-26-11-8-19-43(51)44-20-9-12-27-52(44)58/h1-36H. The molecule has 2 heterocycles. The minimum atomic E-state index is 1.14. The summed E-state index contributed by atoms with van der Waals surface area (Å²) in [6.07, 6.45) is 0. The Kier molecular flexibility index (Phi) is 7.26. The Morgan fingerprint density at radius 2 is 0.586 bits per heavy atom. The molecule has 0 aliphatic heterocycles. The smallest absolute Gasteiger partial charge is 0.0541 e. The van der Waals surface area contributed by atoms with Crippen molar-refractivity contribution in [2.24, 2.45) is 0 Å². The van der Waals surface area contributed by atoms with Crippen molar-refractivity contribution in [3.05, 3.63) is 218 Å². The summed E-state index contributed by atoms with van der Waals surface area (Å²) in [5.41, 5.74) is 14.5. The molecule has 0 radical (unpaired) electrons. The Labute approximate surface area is 336 Å². The number of rotatable bonds is 5. The van der Waals surface area contributed by atoms with Crippen molar-refractivity contribution in [2.45, 2.75) is 0 Å². The molecule has 58 heavy (non-hydrogen) atoms. The van der Waals surface area contributed by atoms with Gasteiger partial charge in [-0.1, -0.05) is 164 Å². The van der Waals surface area contributed by atoms with E-state index in [4.69, 9.17) is 0 Å². The number of hydrogen-bond acceptors (Lipinski definition) is 0. The lowest BCUT2D eigenvalue weighted by Gasteiger charge is -2.18. The van der Waals surface area contributed by atoms with Crippen molar-refractivity contribution in [2.75, 3.05) is 0 Å². The number of aromatic nitrogens is 2. The van der Waals surface area contributed by atoms with E-state index in [1.54, 1.807) is 0 Å². The molecule has 0 spiro atoms. The van der Waals surface area contributed by atoms with Gasteiger partial charge in [0.1, 0.15) is 0 Å². The molecule has 12 aromatic rings. The predicted molar refractivity (Wildman–Crippen MR) is 246 cm³/mol. The highest BCUT2D eigenvalue weighted by Crippen LogP contribution is 2.44. The van der Waals surface area contributed by atoms with Gasteiger partial charge < -0.3 is 9.13 Å². The topological polar surface area (TPSA) is 9.86 Å². The first kappa shape index (κ1) is 32.6. The maximum Gasteiger partial charge on any atom is 0.0541 e. The molecule has 0 saturated heterocycles. The third-order valence-electron chi connectivity index (χ3n) is 12.1. The van der Waals surface area contributed by atoms with E-state index in [1.165, 1.54) is 98.5 Å². The van der Waals surface area contributed by atoms with Crippen LogP contribution >= 0.6 is 0 Å². The van der Waals surface area contributed by atoms with Crippen molar-refractivity contribution in [3.63, 3.8) is 0 Å². The molecule has 0 saturated carbocycles. The molecule has 10 aromatic carbocycles. The SMILES string of the molecule is c1ccc(-c2c3ccccc3c(-c3ccc(-n4c5ccccc5c5cc(-c6cccc(-n7c8ccccc8c8ccccc87)c6)ccc54)cc3)c3ccccc23)cc1. The summed E-state index contributed by atoms with van der Waals surface area (Å²) < 4.78 is 4.81. The summed E-state index contributed by atoms with van der Waals surface area (Å²) in [7, 11) is 0.